The molecule has 0 atom stereocenters. The minimum Gasteiger partial charge on any atom is -0.325 e. The lowest BCUT2D eigenvalue weighted by Crippen LogP contribution is -2.03. The third kappa shape index (κ3) is 2.10. The molecule has 2 aromatic rings. The zero-order valence-electron chi connectivity index (χ0n) is 10.3. The van der Waals surface area contributed by atoms with E-state index in [4.69, 9.17) is 5.73 Å². The molecule has 6 heteroatoms. The van der Waals surface area contributed by atoms with E-state index in [1.165, 1.54) is 6.07 Å². The van der Waals surface area contributed by atoms with Crippen LogP contribution in [0.15, 0.2) is 24.4 Å². The summed E-state index contributed by atoms with van der Waals surface area (Å²) in [6, 6.07) is 5.13. The van der Waals surface area contributed by atoms with Gasteiger partial charge in [0.1, 0.15) is 0 Å². The SMILES string of the molecule is Cc1cc(C)c([N+](=O)[O-])cc1-n1ccc(CN)n1. The number of aryl methyl sites for hydroxylation is 2. The topological polar surface area (TPSA) is 87.0 Å². The van der Waals surface area contributed by atoms with Crippen molar-refractivity contribution in [2.45, 2.75) is 20.4 Å². The van der Waals surface area contributed by atoms with Gasteiger partial charge in [-0.1, -0.05) is 0 Å². The molecule has 0 aliphatic heterocycles. The van der Waals surface area contributed by atoms with Gasteiger partial charge in [-0.3, -0.25) is 10.1 Å². The molecule has 2 rings (SSSR count). The lowest BCUT2D eigenvalue weighted by molar-refractivity contribution is -0.385. The summed E-state index contributed by atoms with van der Waals surface area (Å²) in [6.45, 7) is 3.97. The lowest BCUT2D eigenvalue weighted by atomic mass is 10.1. The maximum Gasteiger partial charge on any atom is 0.274 e. The van der Waals surface area contributed by atoms with Crippen LogP contribution in [0.25, 0.3) is 5.69 Å². The number of nitro benzene ring substituents is 1. The first-order chi connectivity index (χ1) is 8.52. The van der Waals surface area contributed by atoms with E-state index in [-0.39, 0.29) is 10.6 Å². The van der Waals surface area contributed by atoms with Crippen molar-refractivity contribution in [1.29, 1.82) is 0 Å². The molecule has 6 nitrogen and oxygen atoms in total. The van der Waals surface area contributed by atoms with Crippen LogP contribution < -0.4 is 5.73 Å². The zero-order chi connectivity index (χ0) is 13.3. The first-order valence-electron chi connectivity index (χ1n) is 5.53. The van der Waals surface area contributed by atoms with E-state index < -0.39 is 0 Å². The molecule has 0 fully saturated rings. The van der Waals surface area contributed by atoms with Crippen LogP contribution in [0.2, 0.25) is 0 Å². The van der Waals surface area contributed by atoms with Crippen LogP contribution in [0.3, 0.4) is 0 Å². The molecule has 18 heavy (non-hydrogen) atoms. The van der Waals surface area contributed by atoms with Gasteiger partial charge in [0, 0.05) is 24.4 Å². The third-order valence-electron chi connectivity index (χ3n) is 2.81. The molecule has 1 aromatic carbocycles. The van der Waals surface area contributed by atoms with Gasteiger partial charge in [-0.05, 0) is 31.5 Å². The maximum absolute atomic E-state index is 10.9. The second kappa shape index (κ2) is 4.58. The van der Waals surface area contributed by atoms with E-state index in [9.17, 15) is 10.1 Å². The Morgan fingerprint density at radius 2 is 2.11 bits per heavy atom. The number of hydrogen-bond acceptors (Lipinski definition) is 4. The summed E-state index contributed by atoms with van der Waals surface area (Å²) in [5.74, 6) is 0. The van der Waals surface area contributed by atoms with Crippen LogP contribution in [0.1, 0.15) is 16.8 Å². The average Bonchev–Trinajstić information content (AvgIpc) is 2.77. The van der Waals surface area contributed by atoms with E-state index in [1.807, 2.05) is 6.92 Å². The Kier molecular flexibility index (Phi) is 3.12. The largest absolute Gasteiger partial charge is 0.325 e. The Hall–Kier alpha value is -2.21. The number of hydrogen-bond donors (Lipinski definition) is 1. The number of aromatic nitrogens is 2. The standard InChI is InChI=1S/C12H14N4O2/c1-8-5-9(2)12(16(17)18)6-11(8)15-4-3-10(7-13)14-15/h3-6H,7,13H2,1-2H3. The van der Waals surface area contributed by atoms with Gasteiger partial charge in [-0.2, -0.15) is 5.10 Å². The fourth-order valence-electron chi connectivity index (χ4n) is 1.88. The van der Waals surface area contributed by atoms with Crippen molar-refractivity contribution in [3.63, 3.8) is 0 Å². The summed E-state index contributed by atoms with van der Waals surface area (Å²) in [4.78, 5) is 10.6. The molecule has 0 radical (unpaired) electrons. The highest BCUT2D eigenvalue weighted by molar-refractivity contribution is 5.53. The van der Waals surface area contributed by atoms with Gasteiger partial charge in [0.2, 0.25) is 0 Å². The van der Waals surface area contributed by atoms with Crippen LogP contribution >= 0.6 is 0 Å². The lowest BCUT2D eigenvalue weighted by Gasteiger charge is -2.07. The number of rotatable bonds is 3. The van der Waals surface area contributed by atoms with Crippen LogP contribution in [-0.4, -0.2) is 14.7 Å². The van der Waals surface area contributed by atoms with Crippen molar-refractivity contribution in [2.75, 3.05) is 0 Å². The predicted octanol–water partition coefficient (Wildman–Crippen LogP) is 1.86. The van der Waals surface area contributed by atoms with Crippen molar-refractivity contribution >= 4 is 5.69 Å². The number of benzene rings is 1. The summed E-state index contributed by atoms with van der Waals surface area (Å²) in [5.41, 5.74) is 8.62. The van der Waals surface area contributed by atoms with Gasteiger partial charge in [0.05, 0.1) is 16.3 Å². The molecule has 2 N–H and O–H groups in total. The second-order valence-corrected chi connectivity index (χ2v) is 4.14. The molecule has 1 aromatic heterocycles. The normalized spacial score (nSPS) is 10.6. The Morgan fingerprint density at radius 3 is 2.67 bits per heavy atom. The molecule has 0 aliphatic rings. The highest BCUT2D eigenvalue weighted by Gasteiger charge is 2.15. The fraction of sp³-hybridized carbons (Fsp3) is 0.250. The Morgan fingerprint density at radius 1 is 1.39 bits per heavy atom. The zero-order valence-corrected chi connectivity index (χ0v) is 10.3. The molecular weight excluding hydrogens is 232 g/mol. The smallest absolute Gasteiger partial charge is 0.274 e. The first kappa shape index (κ1) is 12.3. The van der Waals surface area contributed by atoms with Gasteiger partial charge in [-0.25, -0.2) is 4.68 Å². The van der Waals surface area contributed by atoms with Gasteiger partial charge < -0.3 is 5.73 Å². The van der Waals surface area contributed by atoms with Crippen LogP contribution in [0.5, 0.6) is 0 Å². The molecule has 0 saturated heterocycles. The summed E-state index contributed by atoms with van der Waals surface area (Å²) in [5, 5.41) is 15.2. The first-order valence-corrected chi connectivity index (χ1v) is 5.53. The van der Waals surface area contributed by atoms with Crippen molar-refractivity contribution < 1.29 is 4.92 Å². The Labute approximate surface area is 104 Å². The summed E-state index contributed by atoms with van der Waals surface area (Å²) in [6.07, 6.45) is 1.75. The van der Waals surface area contributed by atoms with E-state index >= 15 is 0 Å². The average molecular weight is 246 g/mol. The molecule has 1 heterocycles. The highest BCUT2D eigenvalue weighted by Crippen LogP contribution is 2.25. The van der Waals surface area contributed by atoms with E-state index in [0.29, 0.717) is 17.8 Å². The fourth-order valence-corrected chi connectivity index (χ4v) is 1.88. The number of nitro groups is 1. The monoisotopic (exact) mass is 246 g/mol. The molecule has 0 saturated carbocycles. The Bertz CT molecular complexity index is 604. The summed E-state index contributed by atoms with van der Waals surface area (Å²) >= 11 is 0. The molecular formula is C12H14N4O2. The van der Waals surface area contributed by atoms with Crippen LogP contribution in [0.4, 0.5) is 5.69 Å². The van der Waals surface area contributed by atoms with Crippen molar-refractivity contribution in [3.05, 3.63) is 51.3 Å². The van der Waals surface area contributed by atoms with Crippen LogP contribution in [-0.2, 0) is 6.54 Å². The predicted molar refractivity (Wildman–Crippen MR) is 67.6 cm³/mol. The van der Waals surface area contributed by atoms with E-state index in [0.717, 1.165) is 11.3 Å². The number of nitrogens with two attached hydrogens (primary N) is 1. The maximum atomic E-state index is 10.9. The molecule has 0 amide bonds. The molecule has 0 bridgehead atoms. The van der Waals surface area contributed by atoms with Crippen molar-refractivity contribution in [1.82, 2.24) is 9.78 Å². The molecule has 0 spiro atoms. The molecule has 0 aliphatic carbocycles. The van der Waals surface area contributed by atoms with Gasteiger partial charge >= 0.3 is 0 Å². The quantitative estimate of drug-likeness (QED) is 0.661. The van der Waals surface area contributed by atoms with Gasteiger partial charge in [0.25, 0.3) is 5.69 Å². The molecule has 0 unspecified atom stereocenters. The third-order valence-corrected chi connectivity index (χ3v) is 2.81. The van der Waals surface area contributed by atoms with Crippen molar-refractivity contribution in [3.8, 4) is 5.69 Å². The van der Waals surface area contributed by atoms with Gasteiger partial charge in [-0.15, -0.1) is 0 Å². The number of nitrogens with zero attached hydrogens (tertiary/aromatic N) is 3. The van der Waals surface area contributed by atoms with E-state index in [1.54, 1.807) is 29.9 Å². The van der Waals surface area contributed by atoms with E-state index in [2.05, 4.69) is 5.10 Å². The highest BCUT2D eigenvalue weighted by atomic mass is 16.6. The second-order valence-electron chi connectivity index (χ2n) is 4.14. The minimum atomic E-state index is -0.383. The van der Waals surface area contributed by atoms with Gasteiger partial charge in [0.15, 0.2) is 0 Å². The Balaban J connectivity index is 2.56. The van der Waals surface area contributed by atoms with Crippen LogP contribution in [0, 0.1) is 24.0 Å². The summed E-state index contributed by atoms with van der Waals surface area (Å²) in [7, 11) is 0. The minimum absolute atomic E-state index is 0.0976. The molecule has 94 valence electrons. The summed E-state index contributed by atoms with van der Waals surface area (Å²) < 4.78 is 1.62. The van der Waals surface area contributed by atoms with Crippen molar-refractivity contribution in [2.24, 2.45) is 5.73 Å².